The Kier molecular flexibility index (Phi) is 6.60. The van der Waals surface area contributed by atoms with Crippen LogP contribution in [0.5, 0.6) is 0 Å². The van der Waals surface area contributed by atoms with Crippen molar-refractivity contribution in [2.45, 2.75) is 29.9 Å². The Bertz CT molecular complexity index is 881. The zero-order valence-electron chi connectivity index (χ0n) is 15.5. The first-order valence-corrected chi connectivity index (χ1v) is 11.9. The summed E-state index contributed by atoms with van der Waals surface area (Å²) in [5, 5.41) is 0.386. The van der Waals surface area contributed by atoms with Crippen molar-refractivity contribution >= 4 is 27.5 Å². The summed E-state index contributed by atoms with van der Waals surface area (Å²) in [5.41, 5.74) is 2.62. The van der Waals surface area contributed by atoms with E-state index in [0.717, 1.165) is 12.2 Å². The van der Waals surface area contributed by atoms with E-state index in [1.807, 2.05) is 22.7 Å². The van der Waals surface area contributed by atoms with Crippen LogP contribution in [0.3, 0.4) is 0 Å². The number of aryl methyl sites for hydroxylation is 1. The van der Waals surface area contributed by atoms with E-state index in [-0.39, 0.29) is 23.0 Å². The van der Waals surface area contributed by atoms with Crippen molar-refractivity contribution in [1.29, 1.82) is 0 Å². The molecule has 1 atom stereocenters. The first kappa shape index (κ1) is 20.0. The lowest BCUT2D eigenvalue weighted by atomic mass is 10.0. The molecule has 1 aliphatic rings. The quantitative estimate of drug-likeness (QED) is 0.761. The van der Waals surface area contributed by atoms with Crippen LogP contribution in [0.4, 0.5) is 0 Å². The van der Waals surface area contributed by atoms with Gasteiger partial charge in [-0.2, -0.15) is 11.8 Å². The SMILES string of the molecule is Cc1ccccc1C1CCN(C(=O)CCS(=O)(=O)c2ccccc2)CCS1. The molecular formula is C21H25NO3S2. The highest BCUT2D eigenvalue weighted by molar-refractivity contribution is 7.99. The summed E-state index contributed by atoms with van der Waals surface area (Å²) in [6, 6.07) is 16.7. The molecule has 0 radical (unpaired) electrons. The van der Waals surface area contributed by atoms with Crippen LogP contribution in [-0.2, 0) is 14.6 Å². The van der Waals surface area contributed by atoms with Crippen molar-refractivity contribution in [2.75, 3.05) is 24.6 Å². The molecule has 1 fully saturated rings. The third kappa shape index (κ3) is 5.14. The van der Waals surface area contributed by atoms with Crippen LogP contribution < -0.4 is 0 Å². The minimum atomic E-state index is -3.42. The molecule has 3 rings (SSSR count). The van der Waals surface area contributed by atoms with E-state index < -0.39 is 9.84 Å². The molecule has 2 aromatic rings. The molecule has 144 valence electrons. The van der Waals surface area contributed by atoms with E-state index in [4.69, 9.17) is 0 Å². The summed E-state index contributed by atoms with van der Waals surface area (Å²) >= 11 is 1.88. The average Bonchev–Trinajstić information content (AvgIpc) is 2.93. The third-order valence-electron chi connectivity index (χ3n) is 4.92. The normalized spacial score (nSPS) is 18.1. The fraction of sp³-hybridized carbons (Fsp3) is 0.381. The van der Waals surface area contributed by atoms with Crippen molar-refractivity contribution in [2.24, 2.45) is 0 Å². The molecule has 4 nitrogen and oxygen atoms in total. The van der Waals surface area contributed by atoms with E-state index in [9.17, 15) is 13.2 Å². The van der Waals surface area contributed by atoms with Gasteiger partial charge in [0.05, 0.1) is 10.6 Å². The van der Waals surface area contributed by atoms with Crippen molar-refractivity contribution in [3.8, 4) is 0 Å². The maximum absolute atomic E-state index is 12.6. The van der Waals surface area contributed by atoms with E-state index in [0.29, 0.717) is 18.3 Å². The Morgan fingerprint density at radius 3 is 2.52 bits per heavy atom. The van der Waals surface area contributed by atoms with Gasteiger partial charge in [0, 0.05) is 30.5 Å². The first-order valence-electron chi connectivity index (χ1n) is 9.20. The van der Waals surface area contributed by atoms with Crippen LogP contribution in [0.15, 0.2) is 59.5 Å². The van der Waals surface area contributed by atoms with Crippen LogP contribution in [0.2, 0.25) is 0 Å². The van der Waals surface area contributed by atoms with E-state index >= 15 is 0 Å². The van der Waals surface area contributed by atoms with Crippen molar-refractivity contribution in [3.05, 3.63) is 65.7 Å². The summed E-state index contributed by atoms with van der Waals surface area (Å²) in [5.74, 6) is 0.664. The second-order valence-electron chi connectivity index (χ2n) is 6.77. The van der Waals surface area contributed by atoms with Gasteiger partial charge in [0.15, 0.2) is 9.84 Å². The van der Waals surface area contributed by atoms with Gasteiger partial charge in [-0.15, -0.1) is 0 Å². The zero-order valence-corrected chi connectivity index (χ0v) is 17.1. The number of carbonyl (C=O) groups is 1. The zero-order chi connectivity index (χ0) is 19.3. The van der Waals surface area contributed by atoms with E-state index in [2.05, 4.69) is 25.1 Å². The minimum absolute atomic E-state index is 0.0386. The van der Waals surface area contributed by atoms with Gasteiger partial charge in [0.25, 0.3) is 0 Å². The lowest BCUT2D eigenvalue weighted by Gasteiger charge is -2.20. The average molecular weight is 404 g/mol. The Labute approximate surface area is 165 Å². The third-order valence-corrected chi connectivity index (χ3v) is 7.96. The number of nitrogens with zero attached hydrogens (tertiary/aromatic N) is 1. The molecule has 27 heavy (non-hydrogen) atoms. The Morgan fingerprint density at radius 2 is 1.78 bits per heavy atom. The molecule has 0 N–H and O–H groups in total. The minimum Gasteiger partial charge on any atom is -0.342 e. The molecule has 1 unspecified atom stereocenters. The summed E-state index contributed by atoms with van der Waals surface area (Å²) in [6.45, 7) is 3.48. The number of benzene rings is 2. The maximum Gasteiger partial charge on any atom is 0.223 e. The molecule has 0 bridgehead atoms. The monoisotopic (exact) mass is 403 g/mol. The van der Waals surface area contributed by atoms with Gasteiger partial charge >= 0.3 is 0 Å². The predicted octanol–water partition coefficient (Wildman–Crippen LogP) is 3.87. The van der Waals surface area contributed by atoms with Crippen LogP contribution in [-0.4, -0.2) is 43.8 Å². The maximum atomic E-state index is 12.6. The summed E-state index contributed by atoms with van der Waals surface area (Å²) in [4.78, 5) is 14.7. The molecule has 1 aliphatic heterocycles. The lowest BCUT2D eigenvalue weighted by Crippen LogP contribution is -2.34. The molecule has 1 heterocycles. The Morgan fingerprint density at radius 1 is 1.07 bits per heavy atom. The Balaban J connectivity index is 1.58. The fourth-order valence-corrected chi connectivity index (χ4v) is 5.92. The van der Waals surface area contributed by atoms with Gasteiger partial charge in [-0.1, -0.05) is 42.5 Å². The van der Waals surface area contributed by atoms with E-state index in [1.54, 1.807) is 30.3 Å². The molecule has 2 aromatic carbocycles. The molecule has 6 heteroatoms. The summed E-state index contributed by atoms with van der Waals surface area (Å²) < 4.78 is 24.8. The van der Waals surface area contributed by atoms with Crippen LogP contribution in [0.25, 0.3) is 0 Å². The molecular weight excluding hydrogens is 378 g/mol. The first-order chi connectivity index (χ1) is 13.0. The smallest absolute Gasteiger partial charge is 0.223 e. The number of amides is 1. The largest absolute Gasteiger partial charge is 0.342 e. The number of thioether (sulfide) groups is 1. The summed E-state index contributed by atoms with van der Waals surface area (Å²) in [7, 11) is -3.42. The lowest BCUT2D eigenvalue weighted by molar-refractivity contribution is -0.130. The second kappa shape index (κ2) is 8.93. The van der Waals surface area contributed by atoms with Gasteiger partial charge in [0.1, 0.15) is 0 Å². The number of hydrogen-bond donors (Lipinski definition) is 0. The van der Waals surface area contributed by atoms with Gasteiger partial charge < -0.3 is 4.90 Å². The highest BCUT2D eigenvalue weighted by atomic mass is 32.2. The number of sulfone groups is 1. The topological polar surface area (TPSA) is 54.5 Å². The molecule has 1 saturated heterocycles. The highest BCUT2D eigenvalue weighted by Gasteiger charge is 2.24. The van der Waals surface area contributed by atoms with Gasteiger partial charge in [0.2, 0.25) is 5.91 Å². The highest BCUT2D eigenvalue weighted by Crippen LogP contribution is 2.36. The standard InChI is InChI=1S/C21H25NO3S2/c1-17-7-5-6-10-19(17)20-11-13-22(14-15-26-20)21(23)12-16-27(24,25)18-8-3-2-4-9-18/h2-10,20H,11-16H2,1H3. The fourth-order valence-electron chi connectivity index (χ4n) is 3.34. The second-order valence-corrected chi connectivity index (χ2v) is 10.2. The van der Waals surface area contributed by atoms with E-state index in [1.165, 1.54) is 11.1 Å². The van der Waals surface area contributed by atoms with Gasteiger partial charge in [-0.05, 0) is 36.6 Å². The van der Waals surface area contributed by atoms with Crippen molar-refractivity contribution in [3.63, 3.8) is 0 Å². The predicted molar refractivity (Wildman–Crippen MR) is 111 cm³/mol. The summed E-state index contributed by atoms with van der Waals surface area (Å²) in [6.07, 6.45) is 0.934. The van der Waals surface area contributed by atoms with Gasteiger partial charge in [-0.25, -0.2) is 8.42 Å². The van der Waals surface area contributed by atoms with Crippen LogP contribution >= 0.6 is 11.8 Å². The van der Waals surface area contributed by atoms with Crippen LogP contribution in [0.1, 0.15) is 29.2 Å². The van der Waals surface area contributed by atoms with Gasteiger partial charge in [-0.3, -0.25) is 4.79 Å². The van der Waals surface area contributed by atoms with Crippen LogP contribution in [0, 0.1) is 6.92 Å². The number of rotatable bonds is 5. The van der Waals surface area contributed by atoms with Crippen molar-refractivity contribution in [1.82, 2.24) is 4.90 Å². The molecule has 0 aromatic heterocycles. The Hall–Kier alpha value is -1.79. The molecule has 0 spiro atoms. The molecule has 0 saturated carbocycles. The number of hydrogen-bond acceptors (Lipinski definition) is 4. The molecule has 1 amide bonds. The van der Waals surface area contributed by atoms with Crippen molar-refractivity contribution < 1.29 is 13.2 Å². The number of carbonyl (C=O) groups excluding carboxylic acids is 1. The molecule has 0 aliphatic carbocycles.